The Morgan fingerprint density at radius 3 is 2.06 bits per heavy atom. The van der Waals surface area contributed by atoms with Crippen molar-refractivity contribution in [2.75, 3.05) is 0 Å². The minimum Gasteiger partial charge on any atom is -0.393 e. The van der Waals surface area contributed by atoms with Gasteiger partial charge in [0.15, 0.2) is 0 Å². The van der Waals surface area contributed by atoms with Gasteiger partial charge in [0.25, 0.3) is 0 Å². The molecule has 0 aromatic heterocycles. The predicted octanol–water partition coefficient (Wildman–Crippen LogP) is 5.71. The molecule has 1 aliphatic heterocycles. The van der Waals surface area contributed by atoms with E-state index in [1.54, 1.807) is 0 Å². The second-order valence-corrected chi connectivity index (χ2v) is 15.5. The fourth-order valence-electron chi connectivity index (χ4n) is 11.5. The molecule has 7 unspecified atom stereocenters. The number of fused-ring (bicyclic) bond motifs is 5. The molecule has 0 spiro atoms. The Kier molecular flexibility index (Phi) is 5.59. The molecule has 0 amide bonds. The average molecular weight is 477 g/mol. The normalized spacial score (nSPS) is 58.5. The molecule has 196 valence electrons. The molecule has 5 fully saturated rings. The van der Waals surface area contributed by atoms with Crippen molar-refractivity contribution in [2.45, 2.75) is 143 Å². The molecule has 1 saturated heterocycles. The lowest BCUT2D eigenvalue weighted by atomic mass is 9.34. The van der Waals surface area contributed by atoms with Gasteiger partial charge in [-0.1, -0.05) is 34.6 Å². The molecule has 0 bridgehead atoms. The molecule has 5 rings (SSSR count). The summed E-state index contributed by atoms with van der Waals surface area (Å²) in [5.74, 6) is 0.984. The molecule has 3 N–H and O–H groups in total. The van der Waals surface area contributed by atoms with E-state index in [4.69, 9.17) is 4.74 Å². The van der Waals surface area contributed by atoms with Gasteiger partial charge in [-0.25, -0.2) is 0 Å². The quantitative estimate of drug-likeness (QED) is 0.453. The van der Waals surface area contributed by atoms with Gasteiger partial charge in [-0.2, -0.15) is 0 Å². The molecule has 5 aliphatic rings. The molecule has 4 aliphatic carbocycles. The third kappa shape index (κ3) is 3.16. The van der Waals surface area contributed by atoms with Crippen LogP contribution in [0.4, 0.5) is 0 Å². The van der Waals surface area contributed by atoms with E-state index in [1.807, 2.05) is 0 Å². The first-order valence-corrected chi connectivity index (χ1v) is 14.3. The zero-order valence-corrected chi connectivity index (χ0v) is 23.2. The Morgan fingerprint density at radius 1 is 0.735 bits per heavy atom. The highest BCUT2D eigenvalue weighted by molar-refractivity contribution is 5.21. The van der Waals surface area contributed by atoms with Crippen molar-refractivity contribution in [3.05, 3.63) is 0 Å². The van der Waals surface area contributed by atoms with Gasteiger partial charge in [-0.3, -0.25) is 0 Å². The van der Waals surface area contributed by atoms with Gasteiger partial charge in [0.2, 0.25) is 0 Å². The van der Waals surface area contributed by atoms with Gasteiger partial charge < -0.3 is 20.1 Å². The van der Waals surface area contributed by atoms with E-state index in [2.05, 4.69) is 55.4 Å². The van der Waals surface area contributed by atoms with Crippen LogP contribution in [0.3, 0.4) is 0 Å². The highest BCUT2D eigenvalue weighted by Gasteiger charge is 2.73. The predicted molar refractivity (Wildman–Crippen MR) is 135 cm³/mol. The number of hydrogen-bond acceptors (Lipinski definition) is 4. The molecule has 34 heavy (non-hydrogen) atoms. The van der Waals surface area contributed by atoms with E-state index < -0.39 is 6.10 Å². The van der Waals surface area contributed by atoms with E-state index in [-0.39, 0.29) is 56.9 Å². The second-order valence-electron chi connectivity index (χ2n) is 15.5. The Balaban J connectivity index is 1.54. The highest BCUT2D eigenvalue weighted by Crippen LogP contribution is 2.76. The fourth-order valence-corrected chi connectivity index (χ4v) is 11.5. The summed E-state index contributed by atoms with van der Waals surface area (Å²) in [7, 11) is 0. The van der Waals surface area contributed by atoms with Gasteiger partial charge in [-0.15, -0.1) is 0 Å². The summed E-state index contributed by atoms with van der Waals surface area (Å²) in [6.45, 7) is 18.4. The zero-order valence-electron chi connectivity index (χ0n) is 23.2. The summed E-state index contributed by atoms with van der Waals surface area (Å²) in [5.41, 5.74) is -0.739. The van der Waals surface area contributed by atoms with Crippen molar-refractivity contribution >= 4 is 0 Å². The van der Waals surface area contributed by atoms with Crippen LogP contribution in [0.1, 0.15) is 113 Å². The Morgan fingerprint density at radius 2 is 1.41 bits per heavy atom. The lowest BCUT2D eigenvalue weighted by molar-refractivity contribution is -0.279. The van der Waals surface area contributed by atoms with Crippen LogP contribution in [-0.2, 0) is 4.74 Å². The van der Waals surface area contributed by atoms with Crippen molar-refractivity contribution in [3.63, 3.8) is 0 Å². The van der Waals surface area contributed by atoms with E-state index in [1.165, 1.54) is 6.42 Å². The van der Waals surface area contributed by atoms with E-state index in [0.717, 1.165) is 51.4 Å². The summed E-state index contributed by atoms with van der Waals surface area (Å²) in [4.78, 5) is 0. The smallest absolute Gasteiger partial charge is 0.0693 e. The summed E-state index contributed by atoms with van der Waals surface area (Å²) >= 11 is 0. The summed E-state index contributed by atoms with van der Waals surface area (Å²) in [6.07, 6.45) is 7.79. The molecule has 4 nitrogen and oxygen atoms in total. The highest BCUT2D eigenvalue weighted by atomic mass is 16.5. The van der Waals surface area contributed by atoms with Crippen LogP contribution in [0, 0.1) is 45.3 Å². The van der Waals surface area contributed by atoms with E-state index in [0.29, 0.717) is 11.8 Å². The Labute approximate surface area is 208 Å². The van der Waals surface area contributed by atoms with Crippen LogP contribution in [-0.4, -0.2) is 44.8 Å². The maximum absolute atomic E-state index is 11.9. The van der Waals surface area contributed by atoms with E-state index in [9.17, 15) is 15.3 Å². The lowest BCUT2D eigenvalue weighted by Crippen LogP contribution is -2.70. The zero-order chi connectivity index (χ0) is 25.1. The number of aliphatic hydroxyl groups is 3. The summed E-state index contributed by atoms with van der Waals surface area (Å²) in [5, 5.41) is 34.6. The molecule has 0 aromatic carbocycles. The SMILES string of the molecule is CC1(C)CCCC(C)(C2CCC3(C)C2[C@H](O)CC2[C@@]4(C)CC[C@H](O)C(C)(C)C4C(O)C[C@]23C)O1. The molecule has 1 heterocycles. The molecular weight excluding hydrogens is 424 g/mol. The second kappa shape index (κ2) is 7.45. The van der Waals surface area contributed by atoms with Crippen LogP contribution >= 0.6 is 0 Å². The third-order valence-corrected chi connectivity index (χ3v) is 13.0. The van der Waals surface area contributed by atoms with Gasteiger partial charge in [0.05, 0.1) is 29.5 Å². The van der Waals surface area contributed by atoms with Crippen molar-refractivity contribution in [3.8, 4) is 0 Å². The van der Waals surface area contributed by atoms with Crippen molar-refractivity contribution in [1.29, 1.82) is 0 Å². The first-order valence-electron chi connectivity index (χ1n) is 14.3. The van der Waals surface area contributed by atoms with Gasteiger partial charge in [0, 0.05) is 0 Å². The standard InChI is InChI=1S/C30H52O4/c1-25(2)12-9-13-30(8,34-25)18-10-15-28(6)23(18)19(31)16-21-27(5)14-11-22(33)26(3,4)24(27)20(32)17-29(21,28)7/h18-24,31-33H,9-17H2,1-8H3/t18?,19-,20?,21?,22+,23?,24?,27-,28?,29-,30?/m1/s1. The molecule has 11 atom stereocenters. The number of hydrogen-bond donors (Lipinski definition) is 3. The average Bonchev–Trinajstić information content (AvgIpc) is 3.07. The van der Waals surface area contributed by atoms with Crippen molar-refractivity contribution in [1.82, 2.24) is 0 Å². The summed E-state index contributed by atoms with van der Waals surface area (Å²) < 4.78 is 6.83. The van der Waals surface area contributed by atoms with E-state index >= 15 is 0 Å². The molecule has 4 saturated carbocycles. The third-order valence-electron chi connectivity index (χ3n) is 13.0. The first kappa shape index (κ1) is 25.5. The maximum atomic E-state index is 11.9. The minimum absolute atomic E-state index is 0.0247. The van der Waals surface area contributed by atoms with Crippen molar-refractivity contribution in [2.24, 2.45) is 45.3 Å². The Bertz CT molecular complexity index is 823. The van der Waals surface area contributed by atoms with Gasteiger partial charge in [0.1, 0.15) is 0 Å². The minimum atomic E-state index is -0.414. The topological polar surface area (TPSA) is 69.9 Å². The maximum Gasteiger partial charge on any atom is 0.0693 e. The van der Waals surface area contributed by atoms with Crippen LogP contribution in [0.15, 0.2) is 0 Å². The van der Waals surface area contributed by atoms with Crippen LogP contribution < -0.4 is 0 Å². The Hall–Kier alpha value is -0.160. The molecule has 0 radical (unpaired) electrons. The van der Waals surface area contributed by atoms with Crippen LogP contribution in [0.25, 0.3) is 0 Å². The van der Waals surface area contributed by atoms with Gasteiger partial charge >= 0.3 is 0 Å². The molecule has 0 aromatic rings. The molecular formula is C30H52O4. The molecule has 4 heteroatoms. The first-order chi connectivity index (χ1) is 15.5. The fraction of sp³-hybridized carbons (Fsp3) is 1.00. The van der Waals surface area contributed by atoms with Gasteiger partial charge in [-0.05, 0) is 124 Å². The van der Waals surface area contributed by atoms with Crippen LogP contribution in [0.2, 0.25) is 0 Å². The monoisotopic (exact) mass is 476 g/mol. The number of rotatable bonds is 1. The number of aliphatic hydroxyl groups excluding tert-OH is 3. The van der Waals surface area contributed by atoms with Crippen LogP contribution in [0.5, 0.6) is 0 Å². The van der Waals surface area contributed by atoms with Crippen molar-refractivity contribution < 1.29 is 20.1 Å². The summed E-state index contributed by atoms with van der Waals surface area (Å²) in [6, 6.07) is 0. The lowest BCUT2D eigenvalue weighted by Gasteiger charge is -2.71. The largest absolute Gasteiger partial charge is 0.393 e. The number of ether oxygens (including phenoxy) is 1.